The van der Waals surface area contributed by atoms with E-state index in [1.54, 1.807) is 19.6 Å². The lowest BCUT2D eigenvalue weighted by Gasteiger charge is -2.32. The van der Waals surface area contributed by atoms with Crippen LogP contribution in [-0.4, -0.2) is 45.1 Å². The van der Waals surface area contributed by atoms with Crippen LogP contribution in [0.1, 0.15) is 47.1 Å². The molecule has 1 aliphatic heterocycles. The molecule has 0 spiro atoms. The lowest BCUT2D eigenvalue weighted by molar-refractivity contribution is 0.398. The Balaban J connectivity index is 1.19. The first-order chi connectivity index (χ1) is 17.6. The first-order valence-corrected chi connectivity index (χ1v) is 12.6. The van der Waals surface area contributed by atoms with Crippen molar-refractivity contribution < 1.29 is 4.74 Å². The minimum atomic E-state index is 0.395. The molecule has 4 aromatic rings. The first-order valence-electron chi connectivity index (χ1n) is 12.2. The van der Waals surface area contributed by atoms with Gasteiger partial charge in [-0.05, 0) is 55.2 Å². The number of aryl methyl sites for hydroxylation is 1. The van der Waals surface area contributed by atoms with Crippen LogP contribution in [0.25, 0.3) is 22.9 Å². The summed E-state index contributed by atoms with van der Waals surface area (Å²) in [7, 11) is 1.64. The maximum atomic E-state index is 6.06. The van der Waals surface area contributed by atoms with Crippen molar-refractivity contribution in [3.05, 3.63) is 82.3 Å². The number of benzene rings is 1. The number of aromatic nitrogens is 5. The van der Waals surface area contributed by atoms with Crippen LogP contribution in [0.15, 0.2) is 48.9 Å². The fraction of sp³-hybridized carbons (Fsp3) is 0.286. The summed E-state index contributed by atoms with van der Waals surface area (Å²) >= 11 is 6.06. The molecule has 0 atom stereocenters. The smallest absolute Gasteiger partial charge is 0.213 e. The van der Waals surface area contributed by atoms with E-state index in [4.69, 9.17) is 26.3 Å². The highest BCUT2D eigenvalue weighted by atomic mass is 35.5. The number of ether oxygens (including phenoxy) is 1. The molecule has 0 unspecified atom stereocenters. The van der Waals surface area contributed by atoms with E-state index >= 15 is 0 Å². The van der Waals surface area contributed by atoms with Crippen LogP contribution in [0, 0.1) is 6.92 Å². The normalized spacial score (nSPS) is 15.6. The number of hydrogen-bond acceptors (Lipinski definition) is 6. The molecule has 6 rings (SSSR count). The van der Waals surface area contributed by atoms with E-state index in [-0.39, 0.29) is 0 Å². The Morgan fingerprint density at radius 3 is 2.61 bits per heavy atom. The van der Waals surface area contributed by atoms with Crippen LogP contribution in [0.2, 0.25) is 5.02 Å². The van der Waals surface area contributed by atoms with Gasteiger partial charge in [0.2, 0.25) is 5.88 Å². The topological polar surface area (TPSA) is 79.8 Å². The molecule has 0 radical (unpaired) electrons. The van der Waals surface area contributed by atoms with E-state index in [1.165, 1.54) is 5.57 Å². The van der Waals surface area contributed by atoms with E-state index in [9.17, 15) is 0 Å². The highest BCUT2D eigenvalue weighted by Crippen LogP contribution is 2.38. The Kier molecular flexibility index (Phi) is 5.93. The molecule has 1 N–H and O–H groups in total. The van der Waals surface area contributed by atoms with Gasteiger partial charge >= 0.3 is 0 Å². The minimum Gasteiger partial charge on any atom is -0.481 e. The molecule has 1 aromatic carbocycles. The predicted molar refractivity (Wildman–Crippen MR) is 142 cm³/mol. The zero-order valence-corrected chi connectivity index (χ0v) is 21.1. The largest absolute Gasteiger partial charge is 0.481 e. The summed E-state index contributed by atoms with van der Waals surface area (Å²) in [6, 6.07) is 11.9. The van der Waals surface area contributed by atoms with Crippen molar-refractivity contribution in [2.45, 2.75) is 32.1 Å². The summed E-state index contributed by atoms with van der Waals surface area (Å²) in [6.45, 7) is 3.94. The number of fused-ring (bicyclic) bond motifs is 1. The zero-order valence-electron chi connectivity index (χ0n) is 20.3. The number of H-pyrrole nitrogens is 1. The monoisotopic (exact) mass is 498 g/mol. The maximum Gasteiger partial charge on any atom is 0.213 e. The number of pyridine rings is 1. The Morgan fingerprint density at radius 2 is 1.83 bits per heavy atom. The van der Waals surface area contributed by atoms with Crippen molar-refractivity contribution in [2.24, 2.45) is 0 Å². The van der Waals surface area contributed by atoms with E-state index in [0.717, 1.165) is 82.8 Å². The van der Waals surface area contributed by atoms with Crippen molar-refractivity contribution in [1.82, 2.24) is 24.9 Å². The van der Waals surface area contributed by atoms with E-state index in [1.807, 2.05) is 36.4 Å². The van der Waals surface area contributed by atoms with Crippen LogP contribution in [0.4, 0.5) is 5.82 Å². The van der Waals surface area contributed by atoms with Gasteiger partial charge in [0.15, 0.2) is 0 Å². The molecule has 3 aromatic heterocycles. The lowest BCUT2D eigenvalue weighted by Crippen LogP contribution is -2.34. The Morgan fingerprint density at radius 1 is 1.03 bits per heavy atom. The lowest BCUT2D eigenvalue weighted by atomic mass is 9.96. The Hall–Kier alpha value is -3.71. The minimum absolute atomic E-state index is 0.395. The molecule has 182 valence electrons. The average molecular weight is 499 g/mol. The number of imidazole rings is 1. The number of allylic oxidation sites excluding steroid dienone is 1. The van der Waals surface area contributed by atoms with E-state index in [2.05, 4.69) is 32.9 Å². The van der Waals surface area contributed by atoms with Crippen molar-refractivity contribution in [3.8, 4) is 17.1 Å². The van der Waals surface area contributed by atoms with Gasteiger partial charge < -0.3 is 14.6 Å². The number of rotatable bonds is 5. The summed E-state index contributed by atoms with van der Waals surface area (Å²) < 4.78 is 5.31. The van der Waals surface area contributed by atoms with Gasteiger partial charge in [-0.3, -0.25) is 0 Å². The summed E-state index contributed by atoms with van der Waals surface area (Å²) in [4.78, 5) is 24.4. The summed E-state index contributed by atoms with van der Waals surface area (Å²) in [5.74, 6) is 3.10. The molecular formula is C28H27ClN6O. The standard InChI is InChI=1S/C28H27ClN6O/c1-17-26(18-3-5-22(29)6-4-18)34-27(33-17)19-8-11-35(12-9-19)28-23-13-21(14-24(23)31-16-32-28)20-7-10-30-25(15-20)36-2/h3-7,10,13,15-16,19H,8-9,11-12,14H2,1-2H3,(H,33,34). The molecule has 1 aliphatic carbocycles. The summed E-state index contributed by atoms with van der Waals surface area (Å²) in [5.41, 5.74) is 7.69. The summed E-state index contributed by atoms with van der Waals surface area (Å²) in [6.07, 6.45) is 8.52. The molecule has 4 heterocycles. The highest BCUT2D eigenvalue weighted by molar-refractivity contribution is 6.30. The predicted octanol–water partition coefficient (Wildman–Crippen LogP) is 5.71. The van der Waals surface area contributed by atoms with E-state index in [0.29, 0.717) is 11.8 Å². The fourth-order valence-corrected chi connectivity index (χ4v) is 5.33. The third-order valence-electron chi connectivity index (χ3n) is 7.14. The highest BCUT2D eigenvalue weighted by Gasteiger charge is 2.28. The molecule has 2 aliphatic rings. The van der Waals surface area contributed by atoms with Crippen molar-refractivity contribution >= 4 is 29.1 Å². The summed E-state index contributed by atoms with van der Waals surface area (Å²) in [5, 5.41) is 0.734. The van der Waals surface area contributed by atoms with Crippen LogP contribution >= 0.6 is 11.6 Å². The van der Waals surface area contributed by atoms with Gasteiger partial charge in [0.1, 0.15) is 18.0 Å². The molecule has 36 heavy (non-hydrogen) atoms. The molecule has 0 amide bonds. The number of methoxy groups -OCH3 is 1. The number of nitrogens with one attached hydrogen (secondary N) is 1. The Labute approximate surface area is 215 Å². The maximum absolute atomic E-state index is 6.06. The van der Waals surface area contributed by atoms with Gasteiger partial charge in [-0.1, -0.05) is 23.7 Å². The van der Waals surface area contributed by atoms with Gasteiger partial charge in [0.25, 0.3) is 0 Å². The van der Waals surface area contributed by atoms with Crippen LogP contribution in [-0.2, 0) is 6.42 Å². The van der Waals surface area contributed by atoms with Gasteiger partial charge in [-0.2, -0.15) is 0 Å². The first kappa shape index (κ1) is 22.7. The molecule has 7 nitrogen and oxygen atoms in total. The SMILES string of the molecule is COc1cc(C2=Cc3c(ncnc3N3CCC(c4nc(-c5ccc(Cl)cc5)c(C)[nH]4)CC3)C2)ccn1. The molecule has 1 saturated heterocycles. The Bertz CT molecular complexity index is 1440. The molecule has 0 saturated carbocycles. The van der Waals surface area contributed by atoms with Gasteiger partial charge in [-0.15, -0.1) is 0 Å². The van der Waals surface area contributed by atoms with Crippen LogP contribution in [0.5, 0.6) is 5.88 Å². The second-order valence-corrected chi connectivity index (χ2v) is 9.79. The van der Waals surface area contributed by atoms with Gasteiger partial charge in [0.05, 0.1) is 18.5 Å². The second-order valence-electron chi connectivity index (χ2n) is 9.35. The number of anilines is 1. The molecule has 0 bridgehead atoms. The third kappa shape index (κ3) is 4.24. The van der Waals surface area contributed by atoms with Crippen LogP contribution in [0.3, 0.4) is 0 Å². The zero-order chi connectivity index (χ0) is 24.6. The number of hydrogen-bond donors (Lipinski definition) is 1. The fourth-order valence-electron chi connectivity index (χ4n) is 5.20. The van der Waals surface area contributed by atoms with Gasteiger partial charge in [0, 0.05) is 59.5 Å². The molecule has 8 heteroatoms. The van der Waals surface area contributed by atoms with Crippen molar-refractivity contribution in [3.63, 3.8) is 0 Å². The number of halogens is 1. The molecular weight excluding hydrogens is 472 g/mol. The van der Waals surface area contributed by atoms with Crippen LogP contribution < -0.4 is 9.64 Å². The number of nitrogens with zero attached hydrogens (tertiary/aromatic N) is 5. The third-order valence-corrected chi connectivity index (χ3v) is 7.39. The second kappa shape index (κ2) is 9.39. The van der Waals surface area contributed by atoms with Gasteiger partial charge in [-0.25, -0.2) is 19.9 Å². The quantitative estimate of drug-likeness (QED) is 0.379. The number of aromatic amines is 1. The van der Waals surface area contributed by atoms with Crippen molar-refractivity contribution in [1.29, 1.82) is 0 Å². The van der Waals surface area contributed by atoms with Crippen molar-refractivity contribution in [2.75, 3.05) is 25.1 Å². The average Bonchev–Trinajstić information content (AvgIpc) is 3.53. The number of piperidine rings is 1. The molecule has 1 fully saturated rings. The van der Waals surface area contributed by atoms with E-state index < -0.39 is 0 Å².